The lowest BCUT2D eigenvalue weighted by Gasteiger charge is -2.21. The highest BCUT2D eigenvalue weighted by atomic mass is 15.1. The van der Waals surface area contributed by atoms with E-state index >= 15 is 0 Å². The van der Waals surface area contributed by atoms with Crippen LogP contribution in [0, 0.1) is 22.7 Å². The largest absolute Gasteiger partial charge is 0.372 e. The maximum Gasteiger partial charge on any atom is 0.0998 e. The van der Waals surface area contributed by atoms with Crippen LogP contribution in [0.1, 0.15) is 49.9 Å². The molecule has 0 radical (unpaired) electrons. The summed E-state index contributed by atoms with van der Waals surface area (Å²) in [6.07, 6.45) is 3.80. The Morgan fingerprint density at radius 2 is 0.861 bits per heavy atom. The van der Waals surface area contributed by atoms with E-state index < -0.39 is 0 Å². The Hall–Kier alpha value is -4.28. The van der Waals surface area contributed by atoms with Gasteiger partial charge in [-0.3, -0.25) is 0 Å². The van der Waals surface area contributed by atoms with Gasteiger partial charge in [0, 0.05) is 37.6 Å². The maximum atomic E-state index is 9.75. The van der Waals surface area contributed by atoms with Gasteiger partial charge in [0.25, 0.3) is 0 Å². The molecule has 0 amide bonds. The number of allylic oxidation sites excluding steroid dienone is 2. The van der Waals surface area contributed by atoms with Gasteiger partial charge in [-0.25, -0.2) is 0 Å². The highest BCUT2D eigenvalue weighted by Crippen LogP contribution is 2.24. The van der Waals surface area contributed by atoms with Gasteiger partial charge in [-0.2, -0.15) is 10.5 Å². The van der Waals surface area contributed by atoms with Crippen molar-refractivity contribution >= 4 is 34.7 Å². The summed E-state index contributed by atoms with van der Waals surface area (Å²) in [6.45, 7) is 12.4. The summed E-state index contributed by atoms with van der Waals surface area (Å²) in [6, 6.07) is 28.9. The highest BCUT2D eigenvalue weighted by molar-refractivity contribution is 5.91. The van der Waals surface area contributed by atoms with Gasteiger partial charge in [-0.15, -0.1) is 0 Å². The van der Waals surface area contributed by atoms with Crippen LogP contribution in [-0.4, -0.2) is 26.2 Å². The van der Waals surface area contributed by atoms with Gasteiger partial charge >= 0.3 is 0 Å². The number of benzene rings is 3. The van der Waals surface area contributed by atoms with E-state index in [1.54, 1.807) is 0 Å². The van der Waals surface area contributed by atoms with Crippen LogP contribution in [0.4, 0.5) is 11.4 Å². The van der Waals surface area contributed by atoms with E-state index in [0.717, 1.165) is 59.8 Å². The Kier molecular flexibility index (Phi) is 9.49. The summed E-state index contributed by atoms with van der Waals surface area (Å²) in [5.74, 6) is 0. The second-order valence-corrected chi connectivity index (χ2v) is 8.44. The Morgan fingerprint density at radius 1 is 0.556 bits per heavy atom. The van der Waals surface area contributed by atoms with E-state index in [4.69, 9.17) is 0 Å². The van der Waals surface area contributed by atoms with E-state index in [-0.39, 0.29) is 0 Å². The monoisotopic (exact) mass is 474 g/mol. The Bertz CT molecular complexity index is 1160. The van der Waals surface area contributed by atoms with Crippen LogP contribution in [0.5, 0.6) is 0 Å². The van der Waals surface area contributed by atoms with Gasteiger partial charge in [0.2, 0.25) is 0 Å². The molecule has 0 aliphatic rings. The summed E-state index contributed by atoms with van der Waals surface area (Å²) in [7, 11) is 0. The third kappa shape index (κ3) is 6.44. The maximum absolute atomic E-state index is 9.75. The van der Waals surface area contributed by atoms with Crippen LogP contribution in [-0.2, 0) is 0 Å². The average Bonchev–Trinajstić information content (AvgIpc) is 2.93. The van der Waals surface area contributed by atoms with Crippen LogP contribution in [0.15, 0.2) is 72.8 Å². The van der Waals surface area contributed by atoms with Gasteiger partial charge in [0.15, 0.2) is 0 Å². The molecule has 4 nitrogen and oxygen atoms in total. The van der Waals surface area contributed by atoms with Crippen LogP contribution < -0.4 is 9.80 Å². The van der Waals surface area contributed by atoms with E-state index in [1.165, 1.54) is 0 Å². The molecule has 0 spiro atoms. The summed E-state index contributed by atoms with van der Waals surface area (Å²) >= 11 is 0. The molecular weight excluding hydrogens is 440 g/mol. The molecule has 0 saturated carbocycles. The van der Waals surface area contributed by atoms with E-state index in [0.29, 0.717) is 11.1 Å². The third-order valence-electron chi connectivity index (χ3n) is 6.41. The average molecular weight is 475 g/mol. The van der Waals surface area contributed by atoms with Crippen LogP contribution in [0.25, 0.3) is 23.3 Å². The molecule has 0 saturated heterocycles. The molecule has 0 heterocycles. The minimum atomic E-state index is 0.621. The fourth-order valence-corrected chi connectivity index (χ4v) is 4.26. The van der Waals surface area contributed by atoms with Crippen molar-refractivity contribution in [1.82, 2.24) is 0 Å². The van der Waals surface area contributed by atoms with Crippen molar-refractivity contribution in [1.29, 1.82) is 10.5 Å². The molecule has 0 aliphatic heterocycles. The van der Waals surface area contributed by atoms with Crippen molar-refractivity contribution in [3.05, 3.63) is 95.1 Å². The lowest BCUT2D eigenvalue weighted by molar-refractivity contribution is 0.866. The van der Waals surface area contributed by atoms with Crippen molar-refractivity contribution in [2.24, 2.45) is 0 Å². The molecule has 3 rings (SSSR count). The molecule has 0 atom stereocenters. The molecule has 3 aromatic carbocycles. The number of rotatable bonds is 10. The summed E-state index contributed by atoms with van der Waals surface area (Å²) in [5, 5.41) is 19.5. The predicted molar refractivity (Wildman–Crippen MR) is 153 cm³/mol. The zero-order valence-electron chi connectivity index (χ0n) is 21.7. The van der Waals surface area contributed by atoms with Gasteiger partial charge < -0.3 is 9.80 Å². The first-order valence-electron chi connectivity index (χ1n) is 12.6. The lowest BCUT2D eigenvalue weighted by Crippen LogP contribution is -2.21. The fraction of sp³-hybridized carbons (Fsp3) is 0.250. The predicted octanol–water partition coefficient (Wildman–Crippen LogP) is 7.51. The van der Waals surface area contributed by atoms with Gasteiger partial charge in [-0.05, 0) is 86.4 Å². The molecule has 0 unspecified atom stereocenters. The molecule has 182 valence electrons. The minimum Gasteiger partial charge on any atom is -0.372 e. The SMILES string of the molecule is CCN(CC)c1ccc(/C(C#N)=C/c2ccc(/C=C(\C#N)c3ccc(N(CC)CC)cc3)cc2)cc1. The number of nitriles is 2. The van der Waals surface area contributed by atoms with E-state index in [1.807, 2.05) is 60.7 Å². The molecule has 0 fully saturated rings. The number of hydrogen-bond donors (Lipinski definition) is 0. The molecule has 0 aromatic heterocycles. The van der Waals surface area contributed by atoms with E-state index in [2.05, 4.69) is 73.9 Å². The first-order valence-corrected chi connectivity index (χ1v) is 12.6. The lowest BCUT2D eigenvalue weighted by atomic mass is 10.0. The summed E-state index contributed by atoms with van der Waals surface area (Å²) < 4.78 is 0. The second kappa shape index (κ2) is 13.0. The Balaban J connectivity index is 1.79. The smallest absolute Gasteiger partial charge is 0.0998 e. The second-order valence-electron chi connectivity index (χ2n) is 8.44. The molecule has 4 heteroatoms. The topological polar surface area (TPSA) is 54.1 Å². The van der Waals surface area contributed by atoms with Gasteiger partial charge in [-0.1, -0.05) is 48.5 Å². The van der Waals surface area contributed by atoms with Crippen LogP contribution in [0.3, 0.4) is 0 Å². The Morgan fingerprint density at radius 3 is 1.11 bits per heavy atom. The first kappa shape index (κ1) is 26.3. The van der Waals surface area contributed by atoms with E-state index in [9.17, 15) is 10.5 Å². The van der Waals surface area contributed by atoms with Gasteiger partial charge in [0.05, 0.1) is 23.3 Å². The summed E-state index contributed by atoms with van der Waals surface area (Å²) in [4.78, 5) is 4.56. The quantitative estimate of drug-likeness (QED) is 0.225. The molecule has 3 aromatic rings. The highest BCUT2D eigenvalue weighted by Gasteiger charge is 2.07. The van der Waals surface area contributed by atoms with Crippen molar-refractivity contribution in [2.45, 2.75) is 27.7 Å². The first-order chi connectivity index (χ1) is 17.6. The number of anilines is 2. The molecular formula is C32H34N4. The molecule has 0 aliphatic carbocycles. The zero-order chi connectivity index (χ0) is 25.9. The van der Waals surface area contributed by atoms with Crippen molar-refractivity contribution in [3.63, 3.8) is 0 Å². The van der Waals surface area contributed by atoms with Gasteiger partial charge in [0.1, 0.15) is 0 Å². The normalized spacial score (nSPS) is 11.5. The van der Waals surface area contributed by atoms with Crippen LogP contribution >= 0.6 is 0 Å². The molecule has 36 heavy (non-hydrogen) atoms. The van der Waals surface area contributed by atoms with Crippen LogP contribution in [0.2, 0.25) is 0 Å². The molecule has 0 N–H and O–H groups in total. The summed E-state index contributed by atoms with van der Waals surface area (Å²) in [5.41, 5.74) is 7.25. The standard InChI is InChI=1S/C32H34N4/c1-5-35(6-2)31-17-13-27(14-18-31)29(23-33)21-25-9-11-26(12-10-25)22-30(24-34)28-15-19-32(20-16-28)36(7-3)8-4/h9-22H,5-8H2,1-4H3/b29-21+,30-22+. The third-order valence-corrected chi connectivity index (χ3v) is 6.41. The minimum absolute atomic E-state index is 0.621. The number of nitrogens with zero attached hydrogens (tertiary/aromatic N) is 4. The zero-order valence-corrected chi connectivity index (χ0v) is 21.7. The number of hydrogen-bond acceptors (Lipinski definition) is 4. The van der Waals surface area contributed by atoms with Crippen molar-refractivity contribution < 1.29 is 0 Å². The fourth-order valence-electron chi connectivity index (χ4n) is 4.26. The Labute approximate surface area is 216 Å². The van der Waals surface area contributed by atoms with Crippen molar-refractivity contribution in [3.8, 4) is 12.1 Å². The molecule has 0 bridgehead atoms. The van der Waals surface area contributed by atoms with Crippen molar-refractivity contribution in [2.75, 3.05) is 36.0 Å².